The van der Waals surface area contributed by atoms with Crippen LogP contribution in [0.3, 0.4) is 0 Å². The summed E-state index contributed by atoms with van der Waals surface area (Å²) in [6.07, 6.45) is 1.49. The average molecular weight is 344 g/mol. The number of sulfonamides is 1. The highest BCUT2D eigenvalue weighted by Crippen LogP contribution is 2.25. The number of anilines is 2. The standard InChI is InChI=1S/C13H14ClN3O2S2/c14-13-11(5-3-7-16-13)17-21(18,19)9-8-20-12-6-2-1-4-10(12)15/h1-7,17H,8-9,15H2. The summed E-state index contributed by atoms with van der Waals surface area (Å²) >= 11 is 7.22. The van der Waals surface area contributed by atoms with Crippen LogP contribution in [-0.2, 0) is 10.0 Å². The summed E-state index contributed by atoms with van der Waals surface area (Å²) in [7, 11) is -3.48. The highest BCUT2D eigenvalue weighted by molar-refractivity contribution is 8.01. The number of rotatable bonds is 6. The van der Waals surface area contributed by atoms with Crippen LogP contribution in [0.2, 0.25) is 5.15 Å². The van der Waals surface area contributed by atoms with Gasteiger partial charge in [-0.15, -0.1) is 11.8 Å². The van der Waals surface area contributed by atoms with Crippen LogP contribution in [0.1, 0.15) is 0 Å². The van der Waals surface area contributed by atoms with Crippen LogP contribution in [0.5, 0.6) is 0 Å². The van der Waals surface area contributed by atoms with Gasteiger partial charge in [0.15, 0.2) is 5.15 Å². The first-order valence-electron chi connectivity index (χ1n) is 6.06. The van der Waals surface area contributed by atoms with Crippen molar-refractivity contribution in [2.75, 3.05) is 22.0 Å². The third-order valence-corrected chi connectivity index (χ3v) is 5.48. The molecule has 112 valence electrons. The lowest BCUT2D eigenvalue weighted by molar-refractivity contribution is 0.602. The van der Waals surface area contributed by atoms with Crippen LogP contribution in [0.4, 0.5) is 11.4 Å². The Morgan fingerprint density at radius 1 is 1.24 bits per heavy atom. The second-order valence-corrected chi connectivity index (χ2v) is 7.49. The molecule has 0 amide bonds. The van der Waals surface area contributed by atoms with Gasteiger partial charge < -0.3 is 5.73 Å². The van der Waals surface area contributed by atoms with E-state index in [0.29, 0.717) is 11.4 Å². The maximum atomic E-state index is 12.0. The predicted octanol–water partition coefficient (Wildman–Crippen LogP) is 2.85. The second kappa shape index (κ2) is 7.02. The van der Waals surface area contributed by atoms with E-state index >= 15 is 0 Å². The molecule has 0 fully saturated rings. The number of nitrogen functional groups attached to an aromatic ring is 1. The van der Waals surface area contributed by atoms with Crippen LogP contribution in [0.25, 0.3) is 0 Å². The number of para-hydroxylation sites is 1. The Bertz CT molecular complexity index is 723. The molecule has 0 saturated heterocycles. The van der Waals surface area contributed by atoms with Gasteiger partial charge in [-0.2, -0.15) is 0 Å². The molecule has 1 aromatic carbocycles. The SMILES string of the molecule is Nc1ccccc1SCCS(=O)(=O)Nc1cccnc1Cl. The fraction of sp³-hybridized carbons (Fsp3) is 0.154. The maximum absolute atomic E-state index is 12.0. The first-order chi connectivity index (χ1) is 9.98. The molecule has 2 aromatic rings. The molecule has 21 heavy (non-hydrogen) atoms. The molecule has 0 saturated carbocycles. The van der Waals surface area contributed by atoms with Gasteiger partial charge >= 0.3 is 0 Å². The van der Waals surface area contributed by atoms with Crippen LogP contribution >= 0.6 is 23.4 Å². The Balaban J connectivity index is 1.93. The Hall–Kier alpha value is -1.44. The molecule has 8 heteroatoms. The predicted molar refractivity (Wildman–Crippen MR) is 88.2 cm³/mol. The van der Waals surface area contributed by atoms with Gasteiger partial charge in [-0.25, -0.2) is 13.4 Å². The molecule has 0 radical (unpaired) electrons. The fourth-order valence-electron chi connectivity index (χ4n) is 1.55. The lowest BCUT2D eigenvalue weighted by Gasteiger charge is -2.09. The van der Waals surface area contributed by atoms with Crippen molar-refractivity contribution in [1.82, 2.24) is 4.98 Å². The van der Waals surface area contributed by atoms with E-state index in [0.717, 1.165) is 4.90 Å². The van der Waals surface area contributed by atoms with E-state index in [1.807, 2.05) is 18.2 Å². The molecule has 0 aliphatic carbocycles. The van der Waals surface area contributed by atoms with Crippen LogP contribution in [-0.4, -0.2) is 24.9 Å². The minimum absolute atomic E-state index is 0.0444. The zero-order valence-electron chi connectivity index (χ0n) is 11.0. The number of nitrogens with one attached hydrogen (secondary N) is 1. The van der Waals surface area contributed by atoms with Gasteiger partial charge in [0.05, 0.1) is 11.4 Å². The Morgan fingerprint density at radius 3 is 2.71 bits per heavy atom. The van der Waals surface area contributed by atoms with Gasteiger partial charge in [-0.3, -0.25) is 4.72 Å². The molecular formula is C13H14ClN3O2S2. The number of hydrogen-bond acceptors (Lipinski definition) is 5. The fourth-order valence-corrected chi connectivity index (χ4v) is 4.22. The van der Waals surface area contributed by atoms with Gasteiger partial charge in [0.25, 0.3) is 0 Å². The van der Waals surface area contributed by atoms with E-state index in [9.17, 15) is 8.42 Å². The molecule has 0 bridgehead atoms. The number of aromatic nitrogens is 1. The van der Waals surface area contributed by atoms with Crippen molar-refractivity contribution < 1.29 is 8.42 Å². The Morgan fingerprint density at radius 2 is 2.00 bits per heavy atom. The number of thioether (sulfide) groups is 1. The highest BCUT2D eigenvalue weighted by Gasteiger charge is 2.13. The zero-order valence-corrected chi connectivity index (χ0v) is 13.4. The summed E-state index contributed by atoms with van der Waals surface area (Å²) in [6, 6.07) is 10.5. The summed E-state index contributed by atoms with van der Waals surface area (Å²) < 4.78 is 26.4. The van der Waals surface area contributed by atoms with Gasteiger partial charge in [-0.05, 0) is 24.3 Å². The smallest absolute Gasteiger partial charge is 0.233 e. The van der Waals surface area contributed by atoms with Gasteiger partial charge in [0, 0.05) is 22.5 Å². The number of halogens is 1. The third kappa shape index (κ3) is 4.80. The van der Waals surface area contributed by atoms with Gasteiger partial charge in [-0.1, -0.05) is 23.7 Å². The number of benzene rings is 1. The molecule has 2 rings (SSSR count). The van der Waals surface area contributed by atoms with Gasteiger partial charge in [0.2, 0.25) is 10.0 Å². The molecule has 5 nitrogen and oxygen atoms in total. The number of pyridine rings is 1. The monoisotopic (exact) mass is 343 g/mol. The van der Waals surface area contributed by atoms with Crippen molar-refractivity contribution in [1.29, 1.82) is 0 Å². The molecule has 0 atom stereocenters. The molecule has 0 unspecified atom stereocenters. The molecule has 0 spiro atoms. The zero-order chi connectivity index (χ0) is 15.3. The summed E-state index contributed by atoms with van der Waals surface area (Å²) in [5, 5.41) is 0.126. The van der Waals surface area contributed by atoms with Crippen LogP contribution < -0.4 is 10.5 Å². The maximum Gasteiger partial charge on any atom is 0.233 e. The second-order valence-electron chi connectivity index (χ2n) is 4.15. The molecule has 1 aromatic heterocycles. The van der Waals surface area contributed by atoms with Crippen molar-refractivity contribution in [3.63, 3.8) is 0 Å². The molecule has 0 aliphatic heterocycles. The minimum Gasteiger partial charge on any atom is -0.398 e. The Kier molecular flexibility index (Phi) is 5.33. The molecule has 1 heterocycles. The van der Waals surface area contributed by atoms with Crippen molar-refractivity contribution in [2.24, 2.45) is 0 Å². The topological polar surface area (TPSA) is 85.1 Å². The first kappa shape index (κ1) is 15.9. The average Bonchev–Trinajstić information content (AvgIpc) is 2.43. The quantitative estimate of drug-likeness (QED) is 0.478. The van der Waals surface area contributed by atoms with E-state index in [1.165, 1.54) is 18.0 Å². The lowest BCUT2D eigenvalue weighted by Crippen LogP contribution is -2.18. The largest absolute Gasteiger partial charge is 0.398 e. The van der Waals surface area contributed by atoms with Crippen molar-refractivity contribution in [2.45, 2.75) is 4.90 Å². The third-order valence-electron chi connectivity index (χ3n) is 2.55. The minimum atomic E-state index is -3.48. The van der Waals surface area contributed by atoms with Crippen LogP contribution in [0, 0.1) is 0 Å². The van der Waals surface area contributed by atoms with E-state index in [1.54, 1.807) is 18.2 Å². The summed E-state index contributed by atoms with van der Waals surface area (Å²) in [5.41, 5.74) is 6.72. The normalized spacial score (nSPS) is 11.3. The van der Waals surface area contributed by atoms with E-state index < -0.39 is 10.0 Å². The summed E-state index contributed by atoms with van der Waals surface area (Å²) in [6.45, 7) is 0. The number of nitrogens with zero attached hydrogens (tertiary/aromatic N) is 1. The summed E-state index contributed by atoms with van der Waals surface area (Å²) in [4.78, 5) is 4.69. The summed E-state index contributed by atoms with van der Waals surface area (Å²) in [5.74, 6) is 0.346. The van der Waals surface area contributed by atoms with E-state index in [-0.39, 0.29) is 16.6 Å². The van der Waals surface area contributed by atoms with Gasteiger partial charge in [0.1, 0.15) is 0 Å². The van der Waals surface area contributed by atoms with E-state index in [4.69, 9.17) is 17.3 Å². The van der Waals surface area contributed by atoms with Crippen molar-refractivity contribution >= 4 is 44.8 Å². The number of hydrogen-bond donors (Lipinski definition) is 2. The van der Waals surface area contributed by atoms with Crippen molar-refractivity contribution in [3.8, 4) is 0 Å². The highest BCUT2D eigenvalue weighted by atomic mass is 35.5. The molecule has 3 N–H and O–H groups in total. The lowest BCUT2D eigenvalue weighted by atomic mass is 10.3. The number of nitrogens with two attached hydrogens (primary N) is 1. The Labute approximate surface area is 133 Å². The van der Waals surface area contributed by atoms with Crippen molar-refractivity contribution in [3.05, 3.63) is 47.7 Å². The first-order valence-corrected chi connectivity index (χ1v) is 9.08. The van der Waals surface area contributed by atoms with Crippen LogP contribution in [0.15, 0.2) is 47.5 Å². The molecular weight excluding hydrogens is 330 g/mol. The van der Waals surface area contributed by atoms with E-state index in [2.05, 4.69) is 9.71 Å². The molecule has 0 aliphatic rings.